The zero-order valence-corrected chi connectivity index (χ0v) is 15.9. The van der Waals surface area contributed by atoms with Gasteiger partial charge in [-0.25, -0.2) is 4.79 Å². The molecule has 0 fully saturated rings. The number of amides is 1. The number of esters is 2. The van der Waals surface area contributed by atoms with Gasteiger partial charge in [0.2, 0.25) is 0 Å². The molecule has 1 unspecified atom stereocenters. The molecule has 1 aromatic heterocycles. The highest BCUT2D eigenvalue weighted by molar-refractivity contribution is 7.12. The van der Waals surface area contributed by atoms with Crippen LogP contribution in [0.5, 0.6) is 5.75 Å². The van der Waals surface area contributed by atoms with E-state index in [0.717, 1.165) is 16.9 Å². The summed E-state index contributed by atoms with van der Waals surface area (Å²) in [5.41, 5.74) is 0.808. The van der Waals surface area contributed by atoms with Crippen LogP contribution in [-0.2, 0) is 25.7 Å². The first-order valence-corrected chi connectivity index (χ1v) is 9.13. The Balaban J connectivity index is 2.11. The highest BCUT2D eigenvalue weighted by Gasteiger charge is 2.31. The van der Waals surface area contributed by atoms with Crippen LogP contribution >= 0.6 is 11.3 Å². The Hall–Kier alpha value is -2.87. The molecule has 2 aromatic rings. The van der Waals surface area contributed by atoms with E-state index in [0.29, 0.717) is 0 Å². The highest BCUT2D eigenvalue weighted by Crippen LogP contribution is 2.26. The topological polar surface area (TPSA) is 93.1 Å². The van der Waals surface area contributed by atoms with E-state index < -0.39 is 23.9 Å². The standard InChI is InChI=1S/C19H21NO6S/c1-20(18(23)17-15(21)10-11-27-17)14(8-9-16(22)25-2)19(24)26-12-13-6-4-3-5-7-13/h3-7,10-11,14,21H,8-9,12H2,1-2H3. The highest BCUT2D eigenvalue weighted by atomic mass is 32.1. The summed E-state index contributed by atoms with van der Waals surface area (Å²) in [6, 6.07) is 9.56. The summed E-state index contributed by atoms with van der Waals surface area (Å²) < 4.78 is 9.94. The van der Waals surface area contributed by atoms with Gasteiger partial charge in [0.15, 0.2) is 0 Å². The molecule has 8 heteroatoms. The first kappa shape index (κ1) is 20.4. The third-order valence-corrected chi connectivity index (χ3v) is 4.86. The number of hydrogen-bond donors (Lipinski definition) is 1. The molecule has 27 heavy (non-hydrogen) atoms. The summed E-state index contributed by atoms with van der Waals surface area (Å²) in [6.45, 7) is 0.0562. The van der Waals surface area contributed by atoms with E-state index >= 15 is 0 Å². The molecule has 0 saturated heterocycles. The number of hydrogen-bond acceptors (Lipinski definition) is 7. The van der Waals surface area contributed by atoms with Crippen molar-refractivity contribution in [3.05, 3.63) is 52.2 Å². The Morgan fingerprint density at radius 3 is 2.48 bits per heavy atom. The van der Waals surface area contributed by atoms with Crippen LogP contribution < -0.4 is 0 Å². The van der Waals surface area contributed by atoms with Gasteiger partial charge in [0.1, 0.15) is 23.3 Å². The molecule has 0 bridgehead atoms. The zero-order chi connectivity index (χ0) is 19.8. The molecule has 0 spiro atoms. The first-order chi connectivity index (χ1) is 12.9. The lowest BCUT2D eigenvalue weighted by molar-refractivity contribution is -0.151. The zero-order valence-electron chi connectivity index (χ0n) is 15.1. The van der Waals surface area contributed by atoms with Crippen molar-refractivity contribution < 1.29 is 29.0 Å². The fraction of sp³-hybridized carbons (Fsp3) is 0.316. The Bertz CT molecular complexity index is 789. The smallest absolute Gasteiger partial charge is 0.329 e. The molecule has 7 nitrogen and oxygen atoms in total. The van der Waals surface area contributed by atoms with Gasteiger partial charge in [-0.1, -0.05) is 30.3 Å². The van der Waals surface area contributed by atoms with E-state index in [4.69, 9.17) is 4.74 Å². The molecular formula is C19H21NO6S. The second-order valence-corrected chi connectivity index (χ2v) is 6.69. The van der Waals surface area contributed by atoms with Crippen LogP contribution in [0.4, 0.5) is 0 Å². The van der Waals surface area contributed by atoms with Crippen LogP contribution in [0.15, 0.2) is 41.8 Å². The van der Waals surface area contributed by atoms with Crippen molar-refractivity contribution in [2.24, 2.45) is 0 Å². The second kappa shape index (κ2) is 9.72. The van der Waals surface area contributed by atoms with Crippen LogP contribution in [0.1, 0.15) is 28.1 Å². The molecule has 2 rings (SSSR count). The fourth-order valence-corrected chi connectivity index (χ4v) is 3.18. The normalized spacial score (nSPS) is 11.5. The predicted octanol–water partition coefficient (Wildman–Crippen LogP) is 2.59. The number of aromatic hydroxyl groups is 1. The molecule has 144 valence electrons. The summed E-state index contributed by atoms with van der Waals surface area (Å²) in [5, 5.41) is 11.3. The largest absolute Gasteiger partial charge is 0.506 e. The average molecular weight is 391 g/mol. The van der Waals surface area contributed by atoms with Gasteiger partial charge in [0.05, 0.1) is 7.11 Å². The van der Waals surface area contributed by atoms with E-state index in [2.05, 4.69) is 4.74 Å². The average Bonchev–Trinajstić information content (AvgIpc) is 3.12. The lowest BCUT2D eigenvalue weighted by atomic mass is 10.1. The summed E-state index contributed by atoms with van der Waals surface area (Å²) >= 11 is 1.07. The minimum Gasteiger partial charge on any atom is -0.506 e. The number of nitrogens with zero attached hydrogens (tertiary/aromatic N) is 1. The Labute approximate surface area is 161 Å². The van der Waals surface area contributed by atoms with E-state index in [9.17, 15) is 19.5 Å². The van der Waals surface area contributed by atoms with E-state index in [-0.39, 0.29) is 30.1 Å². The third-order valence-electron chi connectivity index (χ3n) is 3.97. The number of thiophene rings is 1. The molecule has 0 aliphatic carbocycles. The summed E-state index contributed by atoms with van der Waals surface area (Å²) in [6.07, 6.45) is 0.00429. The Morgan fingerprint density at radius 1 is 1.19 bits per heavy atom. The summed E-state index contributed by atoms with van der Waals surface area (Å²) in [5.74, 6) is -1.79. The number of carbonyl (C=O) groups excluding carboxylic acids is 3. The van der Waals surface area contributed by atoms with Crippen LogP contribution in [0.25, 0.3) is 0 Å². The van der Waals surface area contributed by atoms with Crippen LogP contribution in [-0.4, -0.2) is 48.1 Å². The Kier molecular flexibility index (Phi) is 7.36. The quantitative estimate of drug-likeness (QED) is 0.695. The van der Waals surface area contributed by atoms with Gasteiger partial charge in [-0.2, -0.15) is 0 Å². The molecular weight excluding hydrogens is 370 g/mol. The maximum absolute atomic E-state index is 12.6. The third kappa shape index (κ3) is 5.55. The summed E-state index contributed by atoms with van der Waals surface area (Å²) in [4.78, 5) is 38.0. The van der Waals surface area contributed by atoms with Crippen LogP contribution in [0, 0.1) is 0 Å². The fourth-order valence-electron chi connectivity index (χ4n) is 2.42. The molecule has 0 aliphatic rings. The maximum Gasteiger partial charge on any atom is 0.329 e. The Morgan fingerprint density at radius 2 is 1.89 bits per heavy atom. The predicted molar refractivity (Wildman–Crippen MR) is 99.4 cm³/mol. The van der Waals surface area contributed by atoms with Crippen molar-refractivity contribution >= 4 is 29.2 Å². The number of methoxy groups -OCH3 is 1. The van der Waals surface area contributed by atoms with Crippen molar-refractivity contribution in [1.82, 2.24) is 4.90 Å². The molecule has 0 saturated carbocycles. The van der Waals surface area contributed by atoms with Crippen molar-refractivity contribution in [3.8, 4) is 5.75 Å². The number of benzene rings is 1. The first-order valence-electron chi connectivity index (χ1n) is 8.25. The lowest BCUT2D eigenvalue weighted by Crippen LogP contribution is -2.43. The van der Waals surface area contributed by atoms with Gasteiger partial charge >= 0.3 is 11.9 Å². The van der Waals surface area contributed by atoms with Crippen molar-refractivity contribution in [1.29, 1.82) is 0 Å². The SMILES string of the molecule is COC(=O)CCC(C(=O)OCc1ccccc1)N(C)C(=O)c1sccc1O. The van der Waals surface area contributed by atoms with E-state index in [1.54, 1.807) is 5.38 Å². The van der Waals surface area contributed by atoms with Crippen molar-refractivity contribution in [2.45, 2.75) is 25.5 Å². The number of likely N-dealkylation sites (N-methyl/N-ethyl adjacent to an activating group) is 1. The number of carbonyl (C=O) groups is 3. The van der Waals surface area contributed by atoms with Gasteiger partial charge < -0.3 is 19.5 Å². The van der Waals surface area contributed by atoms with Crippen molar-refractivity contribution in [2.75, 3.05) is 14.2 Å². The minimum absolute atomic E-state index is 0.0460. The van der Waals surface area contributed by atoms with Gasteiger partial charge in [-0.15, -0.1) is 11.3 Å². The molecule has 1 aromatic carbocycles. The van der Waals surface area contributed by atoms with Gasteiger partial charge in [0, 0.05) is 13.5 Å². The van der Waals surface area contributed by atoms with Crippen LogP contribution in [0.3, 0.4) is 0 Å². The minimum atomic E-state index is -0.984. The van der Waals surface area contributed by atoms with Crippen LogP contribution in [0.2, 0.25) is 0 Å². The molecule has 1 heterocycles. The summed E-state index contributed by atoms with van der Waals surface area (Å²) in [7, 11) is 2.69. The number of rotatable bonds is 8. The van der Waals surface area contributed by atoms with E-state index in [1.165, 1.54) is 25.1 Å². The van der Waals surface area contributed by atoms with Gasteiger partial charge in [0.25, 0.3) is 5.91 Å². The molecule has 0 radical (unpaired) electrons. The molecule has 0 aliphatic heterocycles. The lowest BCUT2D eigenvalue weighted by Gasteiger charge is -2.26. The van der Waals surface area contributed by atoms with Gasteiger partial charge in [-0.05, 0) is 23.4 Å². The molecule has 1 atom stereocenters. The van der Waals surface area contributed by atoms with E-state index in [1.807, 2.05) is 30.3 Å². The van der Waals surface area contributed by atoms with Crippen molar-refractivity contribution in [3.63, 3.8) is 0 Å². The maximum atomic E-state index is 12.6. The second-order valence-electron chi connectivity index (χ2n) is 5.77. The monoisotopic (exact) mass is 391 g/mol. The molecule has 1 amide bonds. The van der Waals surface area contributed by atoms with Gasteiger partial charge in [-0.3, -0.25) is 9.59 Å². The number of ether oxygens (including phenoxy) is 2. The molecule has 1 N–H and O–H groups in total.